The van der Waals surface area contributed by atoms with Gasteiger partial charge in [-0.05, 0) is 30.5 Å². The van der Waals surface area contributed by atoms with E-state index in [-0.39, 0.29) is 17.3 Å². The predicted molar refractivity (Wildman–Crippen MR) is 95.6 cm³/mol. The van der Waals surface area contributed by atoms with Crippen molar-refractivity contribution in [3.63, 3.8) is 0 Å². The normalized spacial score (nSPS) is 17.3. The van der Waals surface area contributed by atoms with Crippen LogP contribution in [0.15, 0.2) is 39.9 Å². The highest BCUT2D eigenvalue weighted by Crippen LogP contribution is 2.18. The Morgan fingerprint density at radius 2 is 2.00 bits per heavy atom. The lowest BCUT2D eigenvalue weighted by Gasteiger charge is -2.34. The molecule has 1 aromatic heterocycles. The van der Waals surface area contributed by atoms with Gasteiger partial charge in [-0.3, -0.25) is 13.9 Å². The molecular formula is C18H21N5O2. The van der Waals surface area contributed by atoms with Crippen LogP contribution in [0.4, 0.5) is 5.82 Å². The second kappa shape index (κ2) is 6.95. The molecule has 1 aromatic carbocycles. The molecule has 130 valence electrons. The van der Waals surface area contributed by atoms with Gasteiger partial charge in [-0.25, -0.2) is 4.79 Å². The van der Waals surface area contributed by atoms with Crippen LogP contribution in [0.25, 0.3) is 0 Å². The number of piperidine rings is 1. The topological polar surface area (TPSA) is 97.1 Å². The second-order valence-electron chi connectivity index (χ2n) is 6.43. The Kier molecular flexibility index (Phi) is 4.72. The maximum Gasteiger partial charge on any atom is 0.332 e. The van der Waals surface area contributed by atoms with Crippen molar-refractivity contribution >= 4 is 5.82 Å². The molecule has 2 aromatic rings. The molecule has 2 heterocycles. The van der Waals surface area contributed by atoms with E-state index < -0.39 is 0 Å². The minimum atomic E-state index is -0.356. The fourth-order valence-electron chi connectivity index (χ4n) is 3.15. The van der Waals surface area contributed by atoms with Gasteiger partial charge in [0, 0.05) is 32.2 Å². The molecule has 3 rings (SSSR count). The van der Waals surface area contributed by atoms with Crippen LogP contribution < -0.4 is 21.9 Å². The number of nitrogens with two attached hydrogens (primary N) is 1. The highest BCUT2D eigenvalue weighted by molar-refractivity contribution is 5.41. The summed E-state index contributed by atoms with van der Waals surface area (Å²) in [5, 5.41) is 8.91. The van der Waals surface area contributed by atoms with Gasteiger partial charge >= 0.3 is 5.69 Å². The van der Waals surface area contributed by atoms with Crippen LogP contribution in [0.1, 0.15) is 24.0 Å². The number of benzene rings is 1. The molecule has 1 aliphatic heterocycles. The molecule has 0 spiro atoms. The van der Waals surface area contributed by atoms with Crippen molar-refractivity contribution in [1.29, 1.82) is 5.26 Å². The highest BCUT2D eigenvalue weighted by atomic mass is 16.2. The zero-order valence-corrected chi connectivity index (χ0v) is 14.2. The zero-order valence-electron chi connectivity index (χ0n) is 14.2. The standard InChI is InChI=1S/C18H21N5O2/c1-21-17(24)9-16(22-8-2-3-15(20)12-22)23(18(21)25)11-14-6-4-13(10-19)5-7-14/h4-7,9,15H,2-3,8,11-12,20H2,1H3/t15-/m1/s1. The summed E-state index contributed by atoms with van der Waals surface area (Å²) in [5.74, 6) is 0.604. The first-order valence-electron chi connectivity index (χ1n) is 8.30. The molecule has 0 amide bonds. The van der Waals surface area contributed by atoms with Gasteiger partial charge in [-0.15, -0.1) is 0 Å². The quantitative estimate of drug-likeness (QED) is 0.873. The van der Waals surface area contributed by atoms with Crippen molar-refractivity contribution in [1.82, 2.24) is 9.13 Å². The third kappa shape index (κ3) is 3.49. The average Bonchev–Trinajstić information content (AvgIpc) is 2.62. The van der Waals surface area contributed by atoms with Crippen molar-refractivity contribution in [2.24, 2.45) is 12.8 Å². The van der Waals surface area contributed by atoms with Gasteiger partial charge < -0.3 is 10.6 Å². The van der Waals surface area contributed by atoms with Gasteiger partial charge in [0.15, 0.2) is 0 Å². The van der Waals surface area contributed by atoms with Crippen LogP contribution in [0.2, 0.25) is 0 Å². The number of rotatable bonds is 3. The summed E-state index contributed by atoms with van der Waals surface area (Å²) in [6.07, 6.45) is 1.88. The summed E-state index contributed by atoms with van der Waals surface area (Å²) < 4.78 is 2.71. The number of hydrogen-bond donors (Lipinski definition) is 1. The molecule has 0 radical (unpaired) electrons. The van der Waals surface area contributed by atoms with E-state index in [1.54, 1.807) is 16.7 Å². The van der Waals surface area contributed by atoms with Crippen molar-refractivity contribution in [3.05, 3.63) is 62.3 Å². The van der Waals surface area contributed by atoms with Crippen LogP contribution in [-0.4, -0.2) is 28.3 Å². The fourth-order valence-corrected chi connectivity index (χ4v) is 3.15. The number of anilines is 1. The Morgan fingerprint density at radius 1 is 1.28 bits per heavy atom. The van der Waals surface area contributed by atoms with Gasteiger partial charge in [0.25, 0.3) is 5.56 Å². The van der Waals surface area contributed by atoms with E-state index in [4.69, 9.17) is 11.0 Å². The summed E-state index contributed by atoms with van der Waals surface area (Å²) in [7, 11) is 1.48. The molecular weight excluding hydrogens is 318 g/mol. The molecule has 0 aliphatic carbocycles. The fraction of sp³-hybridized carbons (Fsp3) is 0.389. The van der Waals surface area contributed by atoms with Gasteiger partial charge in [0.2, 0.25) is 0 Å². The van der Waals surface area contributed by atoms with Gasteiger partial charge in [0.1, 0.15) is 5.82 Å². The molecule has 1 fully saturated rings. The largest absolute Gasteiger partial charge is 0.356 e. The average molecular weight is 339 g/mol. The number of nitriles is 1. The maximum absolute atomic E-state index is 12.7. The van der Waals surface area contributed by atoms with Crippen LogP contribution in [0, 0.1) is 11.3 Å². The zero-order chi connectivity index (χ0) is 18.0. The monoisotopic (exact) mass is 339 g/mol. The Hall–Kier alpha value is -2.85. The predicted octanol–water partition coefficient (Wildman–Crippen LogP) is 0.394. The molecule has 7 heteroatoms. The van der Waals surface area contributed by atoms with Gasteiger partial charge in [-0.1, -0.05) is 12.1 Å². The van der Waals surface area contributed by atoms with E-state index in [2.05, 4.69) is 6.07 Å². The van der Waals surface area contributed by atoms with Crippen LogP contribution in [0.3, 0.4) is 0 Å². The van der Waals surface area contributed by atoms with Crippen LogP contribution in [-0.2, 0) is 13.6 Å². The summed E-state index contributed by atoms with van der Waals surface area (Å²) in [6.45, 7) is 1.73. The molecule has 0 unspecified atom stereocenters. The minimum absolute atomic E-state index is 0.0382. The first-order valence-corrected chi connectivity index (χ1v) is 8.30. The summed E-state index contributed by atoms with van der Waals surface area (Å²) in [6, 6.07) is 10.7. The number of nitrogens with zero attached hydrogens (tertiary/aromatic N) is 4. The summed E-state index contributed by atoms with van der Waals surface area (Å²) >= 11 is 0. The van der Waals surface area contributed by atoms with Crippen LogP contribution in [0.5, 0.6) is 0 Å². The lowest BCUT2D eigenvalue weighted by atomic mass is 10.1. The maximum atomic E-state index is 12.7. The van der Waals surface area contributed by atoms with E-state index in [9.17, 15) is 9.59 Å². The van der Waals surface area contributed by atoms with Gasteiger partial charge in [0.05, 0.1) is 18.2 Å². The van der Waals surface area contributed by atoms with Crippen molar-refractivity contribution in [2.45, 2.75) is 25.4 Å². The van der Waals surface area contributed by atoms with Gasteiger partial charge in [-0.2, -0.15) is 5.26 Å². The molecule has 7 nitrogen and oxygen atoms in total. The van der Waals surface area contributed by atoms with Crippen molar-refractivity contribution < 1.29 is 0 Å². The Morgan fingerprint density at radius 3 is 2.64 bits per heavy atom. The van der Waals surface area contributed by atoms with E-state index in [0.29, 0.717) is 24.5 Å². The Balaban J connectivity index is 2.04. The second-order valence-corrected chi connectivity index (χ2v) is 6.43. The molecule has 25 heavy (non-hydrogen) atoms. The SMILES string of the molecule is Cn1c(=O)cc(N2CCC[C@@H](N)C2)n(Cc2ccc(C#N)cc2)c1=O. The molecule has 2 N–H and O–H groups in total. The number of hydrogen-bond acceptors (Lipinski definition) is 5. The molecule has 1 aliphatic rings. The lowest BCUT2D eigenvalue weighted by molar-refractivity contribution is 0.491. The van der Waals surface area contributed by atoms with E-state index in [0.717, 1.165) is 29.5 Å². The molecule has 0 bridgehead atoms. The third-order valence-electron chi connectivity index (χ3n) is 4.58. The lowest BCUT2D eigenvalue weighted by Crippen LogP contribution is -2.47. The Bertz CT molecular complexity index is 920. The molecule has 0 saturated carbocycles. The molecule has 1 atom stereocenters. The first kappa shape index (κ1) is 17.0. The Labute approximate surface area is 145 Å². The van der Waals surface area contributed by atoms with E-state index in [1.165, 1.54) is 13.1 Å². The van der Waals surface area contributed by atoms with E-state index in [1.807, 2.05) is 17.0 Å². The van der Waals surface area contributed by atoms with Crippen molar-refractivity contribution in [2.75, 3.05) is 18.0 Å². The smallest absolute Gasteiger partial charge is 0.332 e. The first-order chi connectivity index (χ1) is 12.0. The summed E-state index contributed by atoms with van der Waals surface area (Å²) in [5.41, 5.74) is 6.84. The van der Waals surface area contributed by atoms with Crippen molar-refractivity contribution in [3.8, 4) is 6.07 Å². The van der Waals surface area contributed by atoms with Crippen LogP contribution >= 0.6 is 0 Å². The number of aromatic nitrogens is 2. The highest BCUT2D eigenvalue weighted by Gasteiger charge is 2.21. The minimum Gasteiger partial charge on any atom is -0.356 e. The third-order valence-corrected chi connectivity index (χ3v) is 4.58. The molecule has 1 saturated heterocycles. The van der Waals surface area contributed by atoms with E-state index >= 15 is 0 Å². The summed E-state index contributed by atoms with van der Waals surface area (Å²) in [4.78, 5) is 26.8.